The molecule has 94 valence electrons. The molecule has 0 atom stereocenters. The first-order chi connectivity index (χ1) is 8.78. The first-order valence-electron chi connectivity index (χ1n) is 5.37. The Balaban J connectivity index is 2.37. The quantitative estimate of drug-likeness (QED) is 0.626. The molecule has 18 heavy (non-hydrogen) atoms. The molecule has 1 heterocycles. The summed E-state index contributed by atoms with van der Waals surface area (Å²) in [6, 6.07) is 5.74. The van der Waals surface area contributed by atoms with E-state index in [0.717, 1.165) is 16.3 Å². The van der Waals surface area contributed by atoms with Crippen molar-refractivity contribution < 1.29 is 9.47 Å². The summed E-state index contributed by atoms with van der Waals surface area (Å²) < 4.78 is 10.5. The van der Waals surface area contributed by atoms with Crippen molar-refractivity contribution in [3.05, 3.63) is 30.6 Å². The lowest BCUT2D eigenvalue weighted by Gasteiger charge is -2.09. The van der Waals surface area contributed by atoms with Crippen molar-refractivity contribution in [3.8, 4) is 22.6 Å². The van der Waals surface area contributed by atoms with Crippen molar-refractivity contribution in [2.24, 2.45) is 0 Å². The molecule has 1 aromatic heterocycles. The molecule has 0 unspecified atom stereocenters. The van der Waals surface area contributed by atoms with Gasteiger partial charge in [0.05, 0.1) is 14.2 Å². The van der Waals surface area contributed by atoms with Crippen LogP contribution in [0.4, 0.5) is 0 Å². The Morgan fingerprint density at radius 1 is 0.944 bits per heavy atom. The Hall–Kier alpha value is -1.75. The molecule has 0 N–H and O–H groups in total. The molecular weight excluding hydrogens is 248 g/mol. The van der Waals surface area contributed by atoms with Gasteiger partial charge in [0.2, 0.25) is 0 Å². The van der Waals surface area contributed by atoms with Gasteiger partial charge < -0.3 is 9.47 Å². The molecule has 2 aromatic rings. The lowest BCUT2D eigenvalue weighted by Crippen LogP contribution is -1.92. The van der Waals surface area contributed by atoms with Crippen LogP contribution in [0.25, 0.3) is 11.1 Å². The van der Waals surface area contributed by atoms with Crippen LogP contribution in [0.5, 0.6) is 11.5 Å². The average molecular weight is 262 g/mol. The number of nitrogens with zero attached hydrogens (tertiary/aromatic N) is 2. The molecule has 5 heteroatoms. The smallest absolute Gasteiger partial charge is 0.187 e. The Kier molecular flexibility index (Phi) is 4.04. The molecule has 0 saturated heterocycles. The van der Waals surface area contributed by atoms with Gasteiger partial charge in [-0.25, -0.2) is 9.97 Å². The SMILES string of the molecule is COc1ccc(-c2cnc(SC)nc2)cc1OC. The molecule has 1 aromatic carbocycles. The summed E-state index contributed by atoms with van der Waals surface area (Å²) in [5.74, 6) is 1.41. The first kappa shape index (κ1) is 12.7. The maximum Gasteiger partial charge on any atom is 0.187 e. The fourth-order valence-corrected chi connectivity index (χ4v) is 1.90. The van der Waals surface area contributed by atoms with E-state index in [1.54, 1.807) is 26.6 Å². The van der Waals surface area contributed by atoms with Crippen LogP contribution in [-0.4, -0.2) is 30.4 Å². The van der Waals surface area contributed by atoms with Gasteiger partial charge in [-0.15, -0.1) is 0 Å². The fraction of sp³-hybridized carbons (Fsp3) is 0.231. The Bertz CT molecular complexity index is 529. The van der Waals surface area contributed by atoms with Crippen molar-refractivity contribution in [2.75, 3.05) is 20.5 Å². The minimum Gasteiger partial charge on any atom is -0.493 e. The predicted octanol–water partition coefficient (Wildman–Crippen LogP) is 2.88. The third-order valence-corrected chi connectivity index (χ3v) is 3.10. The van der Waals surface area contributed by atoms with Crippen molar-refractivity contribution in [1.29, 1.82) is 0 Å². The van der Waals surface area contributed by atoms with E-state index >= 15 is 0 Å². The molecule has 0 aliphatic carbocycles. The van der Waals surface area contributed by atoms with Gasteiger partial charge in [0.15, 0.2) is 16.7 Å². The summed E-state index contributed by atoms with van der Waals surface area (Å²) in [6.45, 7) is 0. The van der Waals surface area contributed by atoms with Gasteiger partial charge in [-0.05, 0) is 24.0 Å². The predicted molar refractivity (Wildman–Crippen MR) is 72.4 cm³/mol. The highest BCUT2D eigenvalue weighted by Gasteiger charge is 2.06. The van der Waals surface area contributed by atoms with Gasteiger partial charge in [-0.1, -0.05) is 17.8 Å². The maximum absolute atomic E-state index is 5.27. The Morgan fingerprint density at radius 2 is 1.61 bits per heavy atom. The van der Waals surface area contributed by atoms with Crippen LogP contribution in [-0.2, 0) is 0 Å². The molecule has 0 amide bonds. The molecule has 0 fully saturated rings. The third-order valence-electron chi connectivity index (χ3n) is 2.53. The number of ether oxygens (including phenoxy) is 2. The largest absolute Gasteiger partial charge is 0.493 e. The van der Waals surface area contributed by atoms with Crippen molar-refractivity contribution in [3.63, 3.8) is 0 Å². The summed E-state index contributed by atoms with van der Waals surface area (Å²) in [6.07, 6.45) is 5.56. The van der Waals surface area contributed by atoms with Crippen LogP contribution < -0.4 is 9.47 Å². The average Bonchev–Trinajstić information content (AvgIpc) is 2.46. The van der Waals surface area contributed by atoms with Crippen molar-refractivity contribution in [1.82, 2.24) is 9.97 Å². The highest BCUT2D eigenvalue weighted by molar-refractivity contribution is 7.98. The van der Waals surface area contributed by atoms with E-state index < -0.39 is 0 Å². The van der Waals surface area contributed by atoms with Crippen molar-refractivity contribution >= 4 is 11.8 Å². The first-order valence-corrected chi connectivity index (χ1v) is 6.59. The van der Waals surface area contributed by atoms with Crippen LogP contribution in [0.2, 0.25) is 0 Å². The minimum atomic E-state index is 0.698. The molecule has 0 aliphatic rings. The third kappa shape index (κ3) is 2.56. The monoisotopic (exact) mass is 262 g/mol. The zero-order valence-corrected chi connectivity index (χ0v) is 11.3. The number of aromatic nitrogens is 2. The summed E-state index contributed by atoms with van der Waals surface area (Å²) in [4.78, 5) is 8.50. The summed E-state index contributed by atoms with van der Waals surface area (Å²) >= 11 is 1.52. The van der Waals surface area contributed by atoms with E-state index in [9.17, 15) is 0 Å². The van der Waals surface area contributed by atoms with Crippen LogP contribution in [0, 0.1) is 0 Å². The maximum atomic E-state index is 5.27. The molecule has 0 aliphatic heterocycles. The van der Waals surface area contributed by atoms with Crippen LogP contribution in [0.1, 0.15) is 0 Å². The van der Waals surface area contributed by atoms with Crippen LogP contribution in [0.15, 0.2) is 35.7 Å². The van der Waals surface area contributed by atoms with Gasteiger partial charge in [-0.2, -0.15) is 0 Å². The summed E-state index contributed by atoms with van der Waals surface area (Å²) in [7, 11) is 3.24. The number of benzene rings is 1. The summed E-state index contributed by atoms with van der Waals surface area (Å²) in [5, 5.41) is 0.763. The number of hydrogen-bond acceptors (Lipinski definition) is 5. The second kappa shape index (κ2) is 5.73. The van der Waals surface area contributed by atoms with Crippen LogP contribution >= 0.6 is 11.8 Å². The zero-order valence-electron chi connectivity index (χ0n) is 10.5. The van der Waals surface area contributed by atoms with Gasteiger partial charge in [0, 0.05) is 18.0 Å². The van der Waals surface area contributed by atoms with E-state index in [1.807, 2.05) is 24.5 Å². The summed E-state index contributed by atoms with van der Waals surface area (Å²) in [5.41, 5.74) is 1.95. The van der Waals surface area contributed by atoms with Crippen LogP contribution in [0.3, 0.4) is 0 Å². The molecule has 4 nitrogen and oxygen atoms in total. The van der Waals surface area contributed by atoms with Gasteiger partial charge >= 0.3 is 0 Å². The molecule has 0 bridgehead atoms. The minimum absolute atomic E-state index is 0.698. The van der Waals surface area contributed by atoms with E-state index in [2.05, 4.69) is 9.97 Å². The van der Waals surface area contributed by atoms with E-state index in [-0.39, 0.29) is 0 Å². The molecule has 0 saturated carbocycles. The molecule has 0 radical (unpaired) electrons. The highest BCUT2D eigenvalue weighted by atomic mass is 32.2. The van der Waals surface area contributed by atoms with Gasteiger partial charge in [0.25, 0.3) is 0 Å². The highest BCUT2D eigenvalue weighted by Crippen LogP contribution is 2.31. The lowest BCUT2D eigenvalue weighted by atomic mass is 10.1. The van der Waals surface area contributed by atoms with Crippen molar-refractivity contribution in [2.45, 2.75) is 5.16 Å². The second-order valence-corrected chi connectivity index (χ2v) is 4.30. The lowest BCUT2D eigenvalue weighted by molar-refractivity contribution is 0.355. The Labute approximate surface area is 110 Å². The van der Waals surface area contributed by atoms with Gasteiger partial charge in [-0.3, -0.25) is 0 Å². The normalized spacial score (nSPS) is 10.2. The Morgan fingerprint density at radius 3 is 2.17 bits per heavy atom. The molecule has 0 spiro atoms. The standard InChI is InChI=1S/C13H14N2O2S/c1-16-11-5-4-9(6-12(11)17-2)10-7-14-13(18-3)15-8-10/h4-8H,1-3H3. The number of thioether (sulfide) groups is 1. The van der Waals surface area contributed by atoms with E-state index in [4.69, 9.17) is 9.47 Å². The second-order valence-electron chi connectivity index (χ2n) is 3.53. The molecule has 2 rings (SSSR count). The fourth-order valence-electron chi connectivity index (χ4n) is 1.59. The zero-order chi connectivity index (χ0) is 13.0. The number of methoxy groups -OCH3 is 2. The van der Waals surface area contributed by atoms with Gasteiger partial charge in [0.1, 0.15) is 0 Å². The number of hydrogen-bond donors (Lipinski definition) is 0. The van der Waals surface area contributed by atoms with E-state index in [0.29, 0.717) is 11.5 Å². The topological polar surface area (TPSA) is 44.2 Å². The molecular formula is C13H14N2O2S. The number of rotatable bonds is 4. The van der Waals surface area contributed by atoms with E-state index in [1.165, 1.54) is 11.8 Å².